The molecule has 1 N–H and O–H groups in total. The van der Waals surface area contributed by atoms with Crippen molar-refractivity contribution in [3.05, 3.63) is 34.1 Å². The maximum Gasteiger partial charge on any atom is 0.137 e. The van der Waals surface area contributed by atoms with Gasteiger partial charge in [0, 0.05) is 0 Å². The van der Waals surface area contributed by atoms with Crippen LogP contribution >= 0.6 is 15.9 Å². The lowest BCUT2D eigenvalue weighted by atomic mass is 9.76. The predicted molar refractivity (Wildman–Crippen MR) is 81.8 cm³/mol. The van der Waals surface area contributed by atoms with E-state index in [4.69, 9.17) is 0 Å². The highest BCUT2D eigenvalue weighted by Crippen LogP contribution is 2.34. The monoisotopic (exact) mass is 327 g/mol. The Morgan fingerprint density at radius 1 is 1.26 bits per heavy atom. The van der Waals surface area contributed by atoms with Gasteiger partial charge < -0.3 is 5.32 Å². The largest absolute Gasteiger partial charge is 0.317 e. The Bertz CT molecular complexity index is 408. The lowest BCUT2D eigenvalue weighted by molar-refractivity contribution is 0.229. The Morgan fingerprint density at radius 2 is 2.00 bits per heavy atom. The van der Waals surface area contributed by atoms with Crippen molar-refractivity contribution in [2.45, 2.75) is 39.0 Å². The van der Waals surface area contributed by atoms with E-state index < -0.39 is 0 Å². The predicted octanol–water partition coefficient (Wildman–Crippen LogP) is 4.55. The Balaban J connectivity index is 2.04. The third-order valence-corrected chi connectivity index (χ3v) is 5.12. The summed E-state index contributed by atoms with van der Waals surface area (Å²) in [5, 5.41) is 3.47. The van der Waals surface area contributed by atoms with E-state index in [1.807, 2.05) is 12.1 Å². The molecule has 1 aromatic carbocycles. The zero-order valence-corrected chi connectivity index (χ0v) is 13.2. The highest BCUT2D eigenvalue weighted by molar-refractivity contribution is 9.10. The van der Waals surface area contributed by atoms with Crippen LogP contribution in [0.3, 0.4) is 0 Å². The van der Waals surface area contributed by atoms with Gasteiger partial charge in [-0.25, -0.2) is 4.39 Å². The molecule has 0 aromatic heterocycles. The SMILES string of the molecule is CCNCC1CCCCC1Cc1cccc(F)c1Br. The smallest absolute Gasteiger partial charge is 0.137 e. The molecule has 0 amide bonds. The molecule has 1 nitrogen and oxygen atoms in total. The van der Waals surface area contributed by atoms with E-state index in [2.05, 4.69) is 28.2 Å². The first-order valence-electron chi connectivity index (χ1n) is 7.36. The molecule has 19 heavy (non-hydrogen) atoms. The van der Waals surface area contributed by atoms with E-state index in [1.165, 1.54) is 31.7 Å². The van der Waals surface area contributed by atoms with Gasteiger partial charge >= 0.3 is 0 Å². The summed E-state index contributed by atoms with van der Waals surface area (Å²) in [7, 11) is 0. The normalized spacial score (nSPS) is 23.5. The number of halogens is 2. The molecule has 2 rings (SSSR count). The van der Waals surface area contributed by atoms with Crippen molar-refractivity contribution in [1.29, 1.82) is 0 Å². The lowest BCUT2D eigenvalue weighted by Crippen LogP contribution is -2.31. The summed E-state index contributed by atoms with van der Waals surface area (Å²) in [6, 6.07) is 5.38. The summed E-state index contributed by atoms with van der Waals surface area (Å²) in [5.74, 6) is 1.28. The molecule has 1 aliphatic carbocycles. The van der Waals surface area contributed by atoms with Gasteiger partial charge in [0.05, 0.1) is 4.47 Å². The van der Waals surface area contributed by atoms with Gasteiger partial charge in [-0.1, -0.05) is 31.9 Å². The van der Waals surface area contributed by atoms with Crippen LogP contribution in [0.1, 0.15) is 38.2 Å². The fourth-order valence-electron chi connectivity index (χ4n) is 3.14. The zero-order valence-electron chi connectivity index (χ0n) is 11.6. The Kier molecular flexibility index (Phi) is 5.83. The van der Waals surface area contributed by atoms with Crippen LogP contribution < -0.4 is 5.32 Å². The molecular formula is C16H23BrFN. The molecule has 0 heterocycles. The van der Waals surface area contributed by atoms with Crippen molar-refractivity contribution >= 4 is 15.9 Å². The van der Waals surface area contributed by atoms with Crippen LogP contribution in [0.15, 0.2) is 22.7 Å². The standard InChI is InChI=1S/C16H23BrFN/c1-2-19-11-14-7-4-3-6-12(14)10-13-8-5-9-15(18)16(13)17/h5,8-9,12,14,19H,2-4,6-7,10-11H2,1H3. The lowest BCUT2D eigenvalue weighted by Gasteiger charge is -2.32. The minimum Gasteiger partial charge on any atom is -0.317 e. The second kappa shape index (κ2) is 7.39. The molecule has 2 unspecified atom stereocenters. The minimum absolute atomic E-state index is 0.142. The van der Waals surface area contributed by atoms with Crippen molar-refractivity contribution in [1.82, 2.24) is 5.32 Å². The molecule has 1 fully saturated rings. The van der Waals surface area contributed by atoms with Gasteiger partial charge in [0.15, 0.2) is 0 Å². The Morgan fingerprint density at radius 3 is 2.74 bits per heavy atom. The van der Waals surface area contributed by atoms with Crippen LogP contribution in [0, 0.1) is 17.7 Å². The average molecular weight is 328 g/mol. The average Bonchev–Trinajstić information content (AvgIpc) is 2.43. The van der Waals surface area contributed by atoms with Crippen molar-refractivity contribution in [3.63, 3.8) is 0 Å². The summed E-state index contributed by atoms with van der Waals surface area (Å²) < 4.78 is 14.2. The van der Waals surface area contributed by atoms with Crippen molar-refractivity contribution < 1.29 is 4.39 Å². The van der Waals surface area contributed by atoms with Crippen LogP contribution in [0.5, 0.6) is 0 Å². The molecule has 1 aliphatic rings. The third-order valence-electron chi connectivity index (χ3n) is 4.24. The van der Waals surface area contributed by atoms with E-state index in [-0.39, 0.29) is 5.82 Å². The molecule has 0 aliphatic heterocycles. The first-order valence-corrected chi connectivity index (χ1v) is 8.15. The topological polar surface area (TPSA) is 12.0 Å². The molecule has 1 aromatic rings. The maximum absolute atomic E-state index is 13.6. The Labute approximate surface area is 124 Å². The van der Waals surface area contributed by atoms with Crippen molar-refractivity contribution in [2.75, 3.05) is 13.1 Å². The third kappa shape index (κ3) is 4.03. The van der Waals surface area contributed by atoms with Crippen LogP contribution in [0.4, 0.5) is 4.39 Å². The van der Waals surface area contributed by atoms with Crippen LogP contribution in [0.25, 0.3) is 0 Å². The van der Waals surface area contributed by atoms with Crippen molar-refractivity contribution in [3.8, 4) is 0 Å². The van der Waals surface area contributed by atoms with Gasteiger partial charge in [-0.05, 0) is 71.7 Å². The zero-order chi connectivity index (χ0) is 13.7. The molecule has 3 heteroatoms. The number of hydrogen-bond acceptors (Lipinski definition) is 1. The number of nitrogens with one attached hydrogen (secondary N) is 1. The summed E-state index contributed by atoms with van der Waals surface area (Å²) in [6.45, 7) is 4.29. The highest BCUT2D eigenvalue weighted by Gasteiger charge is 2.25. The van der Waals surface area contributed by atoms with Gasteiger partial charge in [0.2, 0.25) is 0 Å². The van der Waals surface area contributed by atoms with E-state index in [1.54, 1.807) is 0 Å². The quantitative estimate of drug-likeness (QED) is 0.836. The van der Waals surface area contributed by atoms with Gasteiger partial charge in [0.1, 0.15) is 5.82 Å². The van der Waals surface area contributed by atoms with E-state index >= 15 is 0 Å². The molecule has 0 saturated heterocycles. The molecule has 0 radical (unpaired) electrons. The first-order chi connectivity index (χ1) is 9.22. The van der Waals surface area contributed by atoms with Gasteiger partial charge in [0.25, 0.3) is 0 Å². The summed E-state index contributed by atoms with van der Waals surface area (Å²) >= 11 is 3.39. The van der Waals surface area contributed by atoms with Crippen molar-refractivity contribution in [2.24, 2.45) is 11.8 Å². The number of hydrogen-bond donors (Lipinski definition) is 1. The molecule has 106 valence electrons. The van der Waals surface area contributed by atoms with Crippen LogP contribution in [-0.4, -0.2) is 13.1 Å². The highest BCUT2D eigenvalue weighted by atomic mass is 79.9. The number of benzene rings is 1. The van der Waals surface area contributed by atoms with E-state index in [9.17, 15) is 4.39 Å². The fraction of sp³-hybridized carbons (Fsp3) is 0.625. The fourth-order valence-corrected chi connectivity index (χ4v) is 3.57. The molecule has 0 bridgehead atoms. The minimum atomic E-state index is -0.142. The second-order valence-corrected chi connectivity index (χ2v) is 6.32. The van der Waals surface area contributed by atoms with E-state index in [0.717, 1.165) is 31.0 Å². The number of rotatable bonds is 5. The molecular weight excluding hydrogens is 305 g/mol. The van der Waals surface area contributed by atoms with Gasteiger partial charge in [-0.2, -0.15) is 0 Å². The molecule has 0 spiro atoms. The summed E-state index contributed by atoms with van der Waals surface area (Å²) in [5.41, 5.74) is 1.12. The summed E-state index contributed by atoms with van der Waals surface area (Å²) in [4.78, 5) is 0. The molecule has 2 atom stereocenters. The van der Waals surface area contributed by atoms with Crippen LogP contribution in [0.2, 0.25) is 0 Å². The molecule has 1 saturated carbocycles. The van der Waals surface area contributed by atoms with E-state index in [0.29, 0.717) is 10.4 Å². The second-order valence-electron chi connectivity index (χ2n) is 5.53. The maximum atomic E-state index is 13.6. The summed E-state index contributed by atoms with van der Waals surface area (Å²) in [6.07, 6.45) is 6.25. The van der Waals surface area contributed by atoms with Gasteiger partial charge in [-0.15, -0.1) is 0 Å². The van der Waals surface area contributed by atoms with Gasteiger partial charge in [-0.3, -0.25) is 0 Å². The first kappa shape index (κ1) is 15.0. The van der Waals surface area contributed by atoms with Crippen LogP contribution in [-0.2, 0) is 6.42 Å². The Hall–Kier alpha value is -0.410.